The molecule has 3 N–H and O–H groups in total. The number of carbonyl (C=O) groups excluding carboxylic acids is 1. The maximum atomic E-state index is 11.6. The predicted octanol–water partition coefficient (Wildman–Crippen LogP) is -0.112. The predicted molar refractivity (Wildman–Crippen MR) is 65.4 cm³/mol. The molecule has 0 saturated carbocycles. The van der Waals surface area contributed by atoms with Crippen molar-refractivity contribution in [1.82, 2.24) is 10.2 Å². The number of carbonyl (C=O) groups is 2. The van der Waals surface area contributed by atoms with Gasteiger partial charge in [-0.2, -0.15) is 0 Å². The second kappa shape index (κ2) is 8.71. The van der Waals surface area contributed by atoms with Gasteiger partial charge < -0.3 is 25.2 Å². The number of aliphatic carboxylic acids is 1. The largest absolute Gasteiger partial charge is 0.480 e. The number of amides is 2. The molecule has 106 valence electrons. The van der Waals surface area contributed by atoms with Crippen LogP contribution in [0.15, 0.2) is 0 Å². The summed E-state index contributed by atoms with van der Waals surface area (Å²) in [6, 6.07) is -1.57. The fourth-order valence-corrected chi connectivity index (χ4v) is 1.17. The van der Waals surface area contributed by atoms with Gasteiger partial charge in [0.1, 0.15) is 6.04 Å². The number of ether oxygens (including phenoxy) is 1. The Morgan fingerprint density at radius 2 is 2.00 bits per heavy atom. The molecule has 0 aromatic heterocycles. The molecule has 0 bridgehead atoms. The minimum atomic E-state index is -1.16. The first kappa shape index (κ1) is 16.7. The standard InChI is InChI=1S/C11H22N2O5/c1-8(2)18-7-5-13(3)11(17)12-9(4-6-14)10(15)16/h8-9,14H,4-7H2,1-3H3,(H,12,17)(H,15,16)/t9-/m0/s1. The molecular formula is C11H22N2O5. The Kier molecular flexibility index (Phi) is 8.06. The van der Waals surface area contributed by atoms with Gasteiger partial charge in [-0.05, 0) is 13.8 Å². The van der Waals surface area contributed by atoms with E-state index in [2.05, 4.69) is 5.32 Å². The normalized spacial score (nSPS) is 12.3. The molecule has 2 amide bonds. The Labute approximate surface area is 107 Å². The van der Waals surface area contributed by atoms with Gasteiger partial charge in [0.15, 0.2) is 0 Å². The van der Waals surface area contributed by atoms with E-state index in [1.807, 2.05) is 13.8 Å². The minimum absolute atomic E-state index is 0.0165. The minimum Gasteiger partial charge on any atom is -0.480 e. The molecule has 0 aliphatic heterocycles. The van der Waals surface area contributed by atoms with Crippen molar-refractivity contribution in [2.24, 2.45) is 0 Å². The first-order valence-corrected chi connectivity index (χ1v) is 5.85. The molecule has 7 heteroatoms. The van der Waals surface area contributed by atoms with Crippen LogP contribution >= 0.6 is 0 Å². The average molecular weight is 262 g/mol. The summed E-state index contributed by atoms with van der Waals surface area (Å²) in [4.78, 5) is 23.7. The van der Waals surface area contributed by atoms with Crippen molar-refractivity contribution in [2.45, 2.75) is 32.4 Å². The second-order valence-corrected chi connectivity index (χ2v) is 4.19. The SMILES string of the molecule is CC(C)OCCN(C)C(=O)N[C@@H](CCO)C(=O)O. The van der Waals surface area contributed by atoms with Crippen molar-refractivity contribution in [1.29, 1.82) is 0 Å². The number of urea groups is 1. The van der Waals surface area contributed by atoms with E-state index in [0.717, 1.165) is 0 Å². The van der Waals surface area contributed by atoms with E-state index < -0.39 is 18.0 Å². The van der Waals surface area contributed by atoms with Crippen LogP contribution in [0, 0.1) is 0 Å². The number of likely N-dealkylation sites (N-methyl/N-ethyl adjacent to an activating group) is 1. The lowest BCUT2D eigenvalue weighted by Crippen LogP contribution is -2.47. The van der Waals surface area contributed by atoms with E-state index in [-0.39, 0.29) is 19.1 Å². The lowest BCUT2D eigenvalue weighted by atomic mass is 10.2. The van der Waals surface area contributed by atoms with Crippen LogP contribution in [-0.4, -0.2) is 66.1 Å². The highest BCUT2D eigenvalue weighted by molar-refractivity contribution is 5.82. The molecule has 0 rings (SSSR count). The third kappa shape index (κ3) is 7.08. The lowest BCUT2D eigenvalue weighted by molar-refractivity contribution is -0.139. The van der Waals surface area contributed by atoms with Gasteiger partial charge in [0, 0.05) is 26.6 Å². The van der Waals surface area contributed by atoms with Gasteiger partial charge >= 0.3 is 12.0 Å². The Balaban J connectivity index is 4.08. The van der Waals surface area contributed by atoms with Gasteiger partial charge in [-0.15, -0.1) is 0 Å². The molecular weight excluding hydrogens is 240 g/mol. The number of rotatable bonds is 8. The van der Waals surface area contributed by atoms with Gasteiger partial charge in [-0.1, -0.05) is 0 Å². The number of aliphatic hydroxyl groups excluding tert-OH is 1. The highest BCUT2D eigenvalue weighted by Gasteiger charge is 2.20. The van der Waals surface area contributed by atoms with Crippen LogP contribution in [0.25, 0.3) is 0 Å². The summed E-state index contributed by atoms with van der Waals surface area (Å²) >= 11 is 0. The molecule has 0 saturated heterocycles. The van der Waals surface area contributed by atoms with Crippen LogP contribution in [0.1, 0.15) is 20.3 Å². The quantitative estimate of drug-likeness (QED) is 0.567. The molecule has 0 aromatic rings. The zero-order chi connectivity index (χ0) is 14.1. The maximum Gasteiger partial charge on any atom is 0.326 e. The summed E-state index contributed by atoms with van der Waals surface area (Å²) in [6.07, 6.45) is 0.0693. The number of nitrogens with one attached hydrogen (secondary N) is 1. The smallest absolute Gasteiger partial charge is 0.326 e. The summed E-state index contributed by atoms with van der Waals surface area (Å²) in [5.41, 5.74) is 0. The van der Waals surface area contributed by atoms with E-state index in [4.69, 9.17) is 14.9 Å². The molecule has 0 fully saturated rings. The third-order valence-electron chi connectivity index (χ3n) is 2.24. The lowest BCUT2D eigenvalue weighted by Gasteiger charge is -2.21. The van der Waals surface area contributed by atoms with E-state index in [1.165, 1.54) is 4.90 Å². The van der Waals surface area contributed by atoms with Gasteiger partial charge in [-0.3, -0.25) is 0 Å². The Hall–Kier alpha value is -1.34. The summed E-state index contributed by atoms with van der Waals surface area (Å²) in [7, 11) is 1.55. The fraction of sp³-hybridized carbons (Fsp3) is 0.818. The van der Waals surface area contributed by atoms with E-state index in [9.17, 15) is 9.59 Å². The number of hydrogen-bond acceptors (Lipinski definition) is 4. The van der Waals surface area contributed by atoms with Crippen molar-refractivity contribution in [3.8, 4) is 0 Å². The number of nitrogens with zero attached hydrogens (tertiary/aromatic N) is 1. The Morgan fingerprint density at radius 3 is 2.44 bits per heavy atom. The van der Waals surface area contributed by atoms with Crippen molar-refractivity contribution >= 4 is 12.0 Å². The maximum absolute atomic E-state index is 11.6. The van der Waals surface area contributed by atoms with Gasteiger partial charge in [0.25, 0.3) is 0 Å². The highest BCUT2D eigenvalue weighted by Crippen LogP contribution is 1.95. The van der Waals surface area contributed by atoms with E-state index in [0.29, 0.717) is 13.2 Å². The monoisotopic (exact) mass is 262 g/mol. The van der Waals surface area contributed by atoms with Crippen molar-refractivity contribution < 1.29 is 24.5 Å². The molecule has 18 heavy (non-hydrogen) atoms. The number of hydrogen-bond donors (Lipinski definition) is 3. The number of aliphatic hydroxyl groups is 1. The molecule has 0 radical (unpaired) electrons. The molecule has 0 heterocycles. The number of carboxylic acids is 1. The van der Waals surface area contributed by atoms with Gasteiger partial charge in [-0.25, -0.2) is 9.59 Å². The molecule has 0 aromatic carbocycles. The molecule has 7 nitrogen and oxygen atoms in total. The van der Waals surface area contributed by atoms with Gasteiger partial charge in [0.05, 0.1) is 12.7 Å². The number of carboxylic acid groups (broad SMARTS) is 1. The third-order valence-corrected chi connectivity index (χ3v) is 2.24. The van der Waals surface area contributed by atoms with Crippen molar-refractivity contribution in [2.75, 3.05) is 26.8 Å². The highest BCUT2D eigenvalue weighted by atomic mass is 16.5. The summed E-state index contributed by atoms with van der Waals surface area (Å²) in [5, 5.41) is 19.8. The van der Waals surface area contributed by atoms with Gasteiger partial charge in [0.2, 0.25) is 0 Å². The summed E-state index contributed by atoms with van der Waals surface area (Å²) < 4.78 is 5.28. The summed E-state index contributed by atoms with van der Waals surface area (Å²) in [6.45, 7) is 4.25. The zero-order valence-corrected chi connectivity index (χ0v) is 11.0. The van der Waals surface area contributed by atoms with Crippen LogP contribution in [0.3, 0.4) is 0 Å². The Bertz CT molecular complexity index is 270. The van der Waals surface area contributed by atoms with Crippen LogP contribution in [0.5, 0.6) is 0 Å². The molecule has 0 unspecified atom stereocenters. The first-order chi connectivity index (χ1) is 8.38. The van der Waals surface area contributed by atoms with E-state index in [1.54, 1.807) is 7.05 Å². The molecule has 1 atom stereocenters. The first-order valence-electron chi connectivity index (χ1n) is 5.85. The second-order valence-electron chi connectivity index (χ2n) is 4.19. The Morgan fingerprint density at radius 1 is 1.39 bits per heavy atom. The van der Waals surface area contributed by atoms with Crippen LogP contribution in [-0.2, 0) is 9.53 Å². The zero-order valence-electron chi connectivity index (χ0n) is 11.0. The summed E-state index contributed by atoms with van der Waals surface area (Å²) in [5.74, 6) is -1.16. The van der Waals surface area contributed by atoms with Crippen molar-refractivity contribution in [3.05, 3.63) is 0 Å². The average Bonchev–Trinajstić information content (AvgIpc) is 2.27. The van der Waals surface area contributed by atoms with E-state index >= 15 is 0 Å². The topological polar surface area (TPSA) is 99.1 Å². The fourth-order valence-electron chi connectivity index (χ4n) is 1.17. The molecule has 0 spiro atoms. The van der Waals surface area contributed by atoms with Crippen LogP contribution in [0.4, 0.5) is 4.79 Å². The van der Waals surface area contributed by atoms with Crippen LogP contribution in [0.2, 0.25) is 0 Å². The van der Waals surface area contributed by atoms with Crippen LogP contribution < -0.4 is 5.32 Å². The molecule has 0 aliphatic carbocycles. The van der Waals surface area contributed by atoms with Crippen molar-refractivity contribution in [3.63, 3.8) is 0 Å². The molecule has 0 aliphatic rings.